The second-order valence-electron chi connectivity index (χ2n) is 7.25. The summed E-state index contributed by atoms with van der Waals surface area (Å²) in [6.07, 6.45) is 0. The SMILES string of the molecule is CC(C)(C)C(=O)Cn1c(=N)n(Cc2ccccc2Cl)c2ccccc21.[Br-]. The summed E-state index contributed by atoms with van der Waals surface area (Å²) in [5, 5.41) is 9.30. The first-order valence-electron chi connectivity index (χ1n) is 8.28. The van der Waals surface area contributed by atoms with Gasteiger partial charge < -0.3 is 26.1 Å². The standard InChI is InChI=1S/C20H22ClN3O.BrH/c1-20(2,3)18(25)13-24-17-11-7-6-10-16(17)23(19(24)22)12-14-8-4-5-9-15(14)21;/h4-11,22H,12-13H2,1-3H3;1H/p-1. The van der Waals surface area contributed by atoms with Gasteiger partial charge in [-0.2, -0.15) is 0 Å². The fraction of sp³-hybridized carbons (Fsp3) is 0.300. The molecular weight excluding hydrogens is 414 g/mol. The van der Waals surface area contributed by atoms with Crippen LogP contribution in [-0.2, 0) is 17.9 Å². The van der Waals surface area contributed by atoms with E-state index in [-0.39, 0.29) is 29.3 Å². The maximum absolute atomic E-state index is 12.5. The van der Waals surface area contributed by atoms with Crippen molar-refractivity contribution in [2.24, 2.45) is 5.41 Å². The molecule has 0 spiro atoms. The van der Waals surface area contributed by atoms with E-state index in [9.17, 15) is 4.79 Å². The Morgan fingerprint density at radius 1 is 1.00 bits per heavy atom. The van der Waals surface area contributed by atoms with Crippen molar-refractivity contribution in [3.8, 4) is 0 Å². The summed E-state index contributed by atoms with van der Waals surface area (Å²) in [7, 11) is 0. The number of hydrogen-bond acceptors (Lipinski definition) is 2. The fourth-order valence-electron chi connectivity index (χ4n) is 2.79. The highest BCUT2D eigenvalue weighted by Crippen LogP contribution is 2.21. The van der Waals surface area contributed by atoms with Gasteiger partial charge in [0.15, 0.2) is 5.78 Å². The van der Waals surface area contributed by atoms with Crippen LogP contribution in [0.25, 0.3) is 11.0 Å². The number of imidazole rings is 1. The van der Waals surface area contributed by atoms with Crippen LogP contribution in [0.1, 0.15) is 26.3 Å². The van der Waals surface area contributed by atoms with Gasteiger partial charge in [0.25, 0.3) is 0 Å². The lowest BCUT2D eigenvalue weighted by Gasteiger charge is -2.17. The first-order valence-corrected chi connectivity index (χ1v) is 8.66. The van der Waals surface area contributed by atoms with E-state index < -0.39 is 5.41 Å². The topological polar surface area (TPSA) is 50.8 Å². The van der Waals surface area contributed by atoms with E-state index in [1.165, 1.54) is 0 Å². The van der Waals surface area contributed by atoms with Crippen LogP contribution in [0.4, 0.5) is 0 Å². The number of nitrogens with zero attached hydrogens (tertiary/aromatic N) is 2. The molecule has 0 aliphatic heterocycles. The van der Waals surface area contributed by atoms with Crippen molar-refractivity contribution < 1.29 is 21.8 Å². The van der Waals surface area contributed by atoms with Gasteiger partial charge in [0.1, 0.15) is 0 Å². The van der Waals surface area contributed by atoms with Crippen LogP contribution in [0.5, 0.6) is 0 Å². The Bertz CT molecular complexity index is 998. The number of fused-ring (bicyclic) bond motifs is 1. The molecule has 0 saturated heterocycles. The van der Waals surface area contributed by atoms with E-state index in [0.29, 0.717) is 17.2 Å². The van der Waals surface area contributed by atoms with Gasteiger partial charge in [-0.1, -0.05) is 62.7 Å². The summed E-state index contributed by atoms with van der Waals surface area (Å²) < 4.78 is 3.67. The van der Waals surface area contributed by atoms with E-state index in [0.717, 1.165) is 16.6 Å². The Labute approximate surface area is 168 Å². The molecule has 0 aliphatic carbocycles. The zero-order chi connectivity index (χ0) is 18.2. The van der Waals surface area contributed by atoms with E-state index in [1.807, 2.05) is 73.9 Å². The Morgan fingerprint density at radius 3 is 2.12 bits per heavy atom. The number of carbonyl (C=O) groups is 1. The molecular formula is C20H22BrClN3O-. The van der Waals surface area contributed by atoms with Crippen LogP contribution in [0, 0.1) is 10.8 Å². The smallest absolute Gasteiger partial charge is 0.203 e. The van der Waals surface area contributed by atoms with Crippen molar-refractivity contribution in [3.63, 3.8) is 0 Å². The van der Waals surface area contributed by atoms with Crippen molar-refractivity contribution in [2.45, 2.75) is 33.9 Å². The molecule has 0 fully saturated rings. The Hall–Kier alpha value is -1.85. The normalized spacial score (nSPS) is 11.4. The first-order chi connectivity index (χ1) is 11.8. The second kappa shape index (κ2) is 7.80. The van der Waals surface area contributed by atoms with Crippen LogP contribution in [0.15, 0.2) is 48.5 Å². The molecule has 3 aromatic rings. The molecule has 0 radical (unpaired) electrons. The molecule has 0 amide bonds. The van der Waals surface area contributed by atoms with Gasteiger partial charge >= 0.3 is 0 Å². The van der Waals surface area contributed by atoms with Crippen LogP contribution in [-0.4, -0.2) is 14.9 Å². The minimum Gasteiger partial charge on any atom is -1.00 e. The molecule has 0 aliphatic rings. The Balaban J connectivity index is 0.00000243. The van der Waals surface area contributed by atoms with Crippen molar-refractivity contribution >= 4 is 28.4 Å². The summed E-state index contributed by atoms with van der Waals surface area (Å²) in [5.41, 5.74) is 2.63. The lowest BCUT2D eigenvalue weighted by molar-refractivity contribution is -0.126. The molecule has 1 N–H and O–H groups in total. The molecule has 0 saturated carbocycles. The summed E-state index contributed by atoms with van der Waals surface area (Å²) in [6.45, 7) is 6.40. The molecule has 1 heterocycles. The molecule has 1 aromatic heterocycles. The zero-order valence-electron chi connectivity index (χ0n) is 15.1. The molecule has 6 heteroatoms. The van der Waals surface area contributed by atoms with E-state index in [2.05, 4.69) is 0 Å². The third-order valence-corrected chi connectivity index (χ3v) is 4.77. The van der Waals surface area contributed by atoms with Gasteiger partial charge in [0.05, 0.1) is 24.1 Å². The lowest BCUT2D eigenvalue weighted by atomic mass is 9.91. The third-order valence-electron chi connectivity index (χ3n) is 4.40. The van der Waals surface area contributed by atoms with Gasteiger partial charge in [0, 0.05) is 10.4 Å². The Morgan fingerprint density at radius 2 is 1.54 bits per heavy atom. The summed E-state index contributed by atoms with van der Waals surface area (Å²) in [4.78, 5) is 12.5. The van der Waals surface area contributed by atoms with E-state index in [4.69, 9.17) is 17.0 Å². The van der Waals surface area contributed by atoms with E-state index >= 15 is 0 Å². The van der Waals surface area contributed by atoms with Crippen molar-refractivity contribution in [1.29, 1.82) is 5.41 Å². The van der Waals surface area contributed by atoms with Crippen LogP contribution < -0.4 is 22.6 Å². The van der Waals surface area contributed by atoms with Crippen molar-refractivity contribution in [2.75, 3.05) is 0 Å². The number of halogens is 2. The average molecular weight is 436 g/mol. The molecule has 26 heavy (non-hydrogen) atoms. The Kier molecular flexibility index (Phi) is 6.14. The van der Waals surface area contributed by atoms with Crippen molar-refractivity contribution in [3.05, 3.63) is 64.7 Å². The number of rotatable bonds is 4. The second-order valence-corrected chi connectivity index (χ2v) is 7.66. The molecule has 3 rings (SSSR count). The number of para-hydroxylation sites is 2. The minimum absolute atomic E-state index is 0. The zero-order valence-corrected chi connectivity index (χ0v) is 17.4. The lowest BCUT2D eigenvalue weighted by Crippen LogP contribution is -3.00. The van der Waals surface area contributed by atoms with Gasteiger partial charge in [0.2, 0.25) is 5.62 Å². The number of ketones is 1. The number of Topliss-reactive ketones (excluding diaryl/α,β-unsaturated/α-hetero) is 1. The fourth-order valence-corrected chi connectivity index (χ4v) is 2.99. The number of aromatic nitrogens is 2. The summed E-state index contributed by atoms with van der Waals surface area (Å²) in [6, 6.07) is 15.4. The highest BCUT2D eigenvalue weighted by molar-refractivity contribution is 6.31. The number of hydrogen-bond donors (Lipinski definition) is 1. The molecule has 0 bridgehead atoms. The number of carbonyl (C=O) groups excluding carboxylic acids is 1. The highest BCUT2D eigenvalue weighted by Gasteiger charge is 2.23. The average Bonchev–Trinajstić information content (AvgIpc) is 2.82. The predicted molar refractivity (Wildman–Crippen MR) is 101 cm³/mol. The molecule has 0 atom stereocenters. The molecule has 4 nitrogen and oxygen atoms in total. The van der Waals surface area contributed by atoms with Crippen LogP contribution in [0.2, 0.25) is 5.02 Å². The van der Waals surface area contributed by atoms with Gasteiger partial charge in [-0.25, -0.2) is 0 Å². The van der Waals surface area contributed by atoms with Gasteiger partial charge in [-0.15, -0.1) is 0 Å². The summed E-state index contributed by atoms with van der Waals surface area (Å²) in [5.74, 6) is 0.103. The maximum atomic E-state index is 12.5. The summed E-state index contributed by atoms with van der Waals surface area (Å²) >= 11 is 6.29. The largest absolute Gasteiger partial charge is 1.00 e. The van der Waals surface area contributed by atoms with E-state index in [1.54, 1.807) is 4.57 Å². The van der Waals surface area contributed by atoms with Crippen LogP contribution >= 0.6 is 11.6 Å². The number of nitrogens with one attached hydrogen (secondary N) is 1. The first kappa shape index (κ1) is 20.5. The minimum atomic E-state index is -0.439. The monoisotopic (exact) mass is 434 g/mol. The molecule has 2 aromatic carbocycles. The molecule has 138 valence electrons. The van der Waals surface area contributed by atoms with Gasteiger partial charge in [-0.05, 0) is 23.8 Å². The van der Waals surface area contributed by atoms with Gasteiger partial charge in [-0.3, -0.25) is 10.2 Å². The quantitative estimate of drug-likeness (QED) is 0.659. The maximum Gasteiger partial charge on any atom is 0.203 e. The van der Waals surface area contributed by atoms with Crippen molar-refractivity contribution in [1.82, 2.24) is 9.13 Å². The molecule has 0 unspecified atom stereocenters. The predicted octanol–water partition coefficient (Wildman–Crippen LogP) is 1.24. The highest BCUT2D eigenvalue weighted by atomic mass is 79.9. The van der Waals surface area contributed by atoms with Crippen LogP contribution in [0.3, 0.4) is 0 Å². The number of benzene rings is 2. The third kappa shape index (κ3) is 3.94.